The highest BCUT2D eigenvalue weighted by atomic mass is 35.7. The van der Waals surface area contributed by atoms with Crippen molar-refractivity contribution in [1.82, 2.24) is 0 Å². The summed E-state index contributed by atoms with van der Waals surface area (Å²) in [6, 6.07) is 7.60. The third-order valence-electron chi connectivity index (χ3n) is 3.02. The van der Waals surface area contributed by atoms with Crippen LogP contribution in [0, 0.1) is 5.92 Å². The molecule has 0 bridgehead atoms. The minimum atomic E-state index is -3.56. The number of benzene rings is 1. The number of para-hydroxylation sites is 1. The zero-order chi connectivity index (χ0) is 14.0. The second-order valence-corrected chi connectivity index (χ2v) is 8.12. The van der Waals surface area contributed by atoms with E-state index >= 15 is 0 Å². The molecule has 0 aliphatic carbocycles. The van der Waals surface area contributed by atoms with Gasteiger partial charge in [-0.15, -0.1) is 11.8 Å². The van der Waals surface area contributed by atoms with Crippen molar-refractivity contribution in [3.63, 3.8) is 0 Å². The molecule has 1 aromatic rings. The number of hydrogen-bond donors (Lipinski definition) is 0. The van der Waals surface area contributed by atoms with Crippen LogP contribution in [0.5, 0.6) is 0 Å². The first kappa shape index (κ1) is 14.7. The van der Waals surface area contributed by atoms with Crippen molar-refractivity contribution in [2.24, 2.45) is 5.92 Å². The number of rotatable bonds is 4. The van der Waals surface area contributed by atoms with E-state index in [1.165, 1.54) is 0 Å². The zero-order valence-electron chi connectivity index (χ0n) is 10.4. The van der Waals surface area contributed by atoms with E-state index in [2.05, 4.69) is 0 Å². The van der Waals surface area contributed by atoms with E-state index in [0.29, 0.717) is 6.54 Å². The highest BCUT2D eigenvalue weighted by Gasteiger charge is 2.33. The third-order valence-corrected chi connectivity index (χ3v) is 5.05. The van der Waals surface area contributed by atoms with Crippen molar-refractivity contribution in [1.29, 1.82) is 0 Å². The van der Waals surface area contributed by atoms with Crippen LogP contribution in [-0.4, -0.2) is 32.9 Å². The zero-order valence-corrected chi connectivity index (χ0v) is 12.8. The predicted molar refractivity (Wildman–Crippen MR) is 78.3 cm³/mol. The summed E-state index contributed by atoms with van der Waals surface area (Å²) in [7, 11) is 1.69. The first-order valence-electron chi connectivity index (χ1n) is 5.76. The molecule has 0 aromatic heterocycles. The SMILES string of the molecule is CSc1ccccc1N1CC(CS(=O)(=O)Cl)CC1=O. The van der Waals surface area contributed by atoms with Crippen molar-refractivity contribution in [2.75, 3.05) is 23.5 Å². The molecule has 1 aromatic carbocycles. The highest BCUT2D eigenvalue weighted by Crippen LogP contribution is 2.33. The lowest BCUT2D eigenvalue weighted by atomic mass is 10.1. The Labute approximate surface area is 121 Å². The van der Waals surface area contributed by atoms with Gasteiger partial charge in [-0.1, -0.05) is 12.1 Å². The van der Waals surface area contributed by atoms with Gasteiger partial charge in [-0.2, -0.15) is 0 Å². The Hall–Kier alpha value is -0.720. The number of thioether (sulfide) groups is 1. The lowest BCUT2D eigenvalue weighted by Crippen LogP contribution is -2.25. The number of carbonyl (C=O) groups excluding carboxylic acids is 1. The summed E-state index contributed by atoms with van der Waals surface area (Å²) < 4.78 is 22.2. The van der Waals surface area contributed by atoms with Crippen LogP contribution in [0.1, 0.15) is 6.42 Å². The molecule has 0 N–H and O–H groups in total. The second kappa shape index (κ2) is 5.73. The van der Waals surface area contributed by atoms with Gasteiger partial charge in [-0.3, -0.25) is 4.79 Å². The molecule has 1 unspecified atom stereocenters. The van der Waals surface area contributed by atoms with E-state index in [0.717, 1.165) is 10.6 Å². The first-order valence-corrected chi connectivity index (χ1v) is 9.47. The summed E-state index contributed by atoms with van der Waals surface area (Å²) in [5.41, 5.74) is 0.842. The highest BCUT2D eigenvalue weighted by molar-refractivity contribution is 8.13. The third kappa shape index (κ3) is 3.64. The molecule has 1 aliphatic rings. The molecule has 1 amide bonds. The van der Waals surface area contributed by atoms with Crippen LogP contribution in [0.25, 0.3) is 0 Å². The average Bonchev–Trinajstić information content (AvgIpc) is 2.67. The molecule has 1 aliphatic heterocycles. The van der Waals surface area contributed by atoms with Crippen LogP contribution in [0.15, 0.2) is 29.2 Å². The van der Waals surface area contributed by atoms with Gasteiger partial charge in [0.1, 0.15) is 0 Å². The fraction of sp³-hybridized carbons (Fsp3) is 0.417. The maximum atomic E-state index is 12.0. The number of amides is 1. The van der Waals surface area contributed by atoms with E-state index in [1.54, 1.807) is 16.7 Å². The van der Waals surface area contributed by atoms with Crippen LogP contribution in [-0.2, 0) is 13.8 Å². The largest absolute Gasteiger partial charge is 0.311 e. The molecule has 104 valence electrons. The number of carbonyl (C=O) groups is 1. The fourth-order valence-electron chi connectivity index (χ4n) is 2.26. The monoisotopic (exact) mass is 319 g/mol. The Morgan fingerprint density at radius 1 is 1.42 bits per heavy atom. The Bertz CT molecular complexity index is 588. The van der Waals surface area contributed by atoms with Gasteiger partial charge in [0.15, 0.2) is 0 Å². The fourth-order valence-corrected chi connectivity index (χ4v) is 4.18. The molecular formula is C12H14ClNO3S2. The smallest absolute Gasteiger partial charge is 0.232 e. The van der Waals surface area contributed by atoms with E-state index in [4.69, 9.17) is 10.7 Å². The first-order chi connectivity index (χ1) is 8.90. The molecule has 1 atom stereocenters. The van der Waals surface area contributed by atoms with Crippen molar-refractivity contribution in [3.8, 4) is 0 Å². The minimum absolute atomic E-state index is 0.0492. The maximum absolute atomic E-state index is 12.0. The summed E-state index contributed by atoms with van der Waals surface area (Å²) in [6.07, 6.45) is 2.18. The van der Waals surface area contributed by atoms with Crippen molar-refractivity contribution >= 4 is 43.1 Å². The predicted octanol–water partition coefficient (Wildman–Crippen LogP) is 2.33. The van der Waals surface area contributed by atoms with Gasteiger partial charge in [0.25, 0.3) is 0 Å². The van der Waals surface area contributed by atoms with Crippen LogP contribution >= 0.6 is 22.4 Å². The number of hydrogen-bond acceptors (Lipinski definition) is 4. The molecule has 1 fully saturated rings. The summed E-state index contributed by atoms with van der Waals surface area (Å²) in [5.74, 6) is -0.435. The van der Waals surface area contributed by atoms with Crippen molar-refractivity contribution in [2.45, 2.75) is 11.3 Å². The van der Waals surface area contributed by atoms with E-state index in [-0.39, 0.29) is 24.0 Å². The summed E-state index contributed by atoms with van der Waals surface area (Å²) >= 11 is 1.56. The van der Waals surface area contributed by atoms with Crippen LogP contribution in [0.3, 0.4) is 0 Å². The summed E-state index contributed by atoms with van der Waals surface area (Å²) in [5, 5.41) is 0. The van der Waals surface area contributed by atoms with Gasteiger partial charge in [0, 0.05) is 34.5 Å². The Morgan fingerprint density at radius 3 is 2.74 bits per heavy atom. The Balaban J connectivity index is 2.20. The van der Waals surface area contributed by atoms with Crippen molar-refractivity contribution in [3.05, 3.63) is 24.3 Å². The normalized spacial score (nSPS) is 20.0. The van der Waals surface area contributed by atoms with Gasteiger partial charge in [0.2, 0.25) is 15.0 Å². The maximum Gasteiger partial charge on any atom is 0.232 e. The molecule has 1 heterocycles. The lowest BCUT2D eigenvalue weighted by molar-refractivity contribution is -0.117. The van der Waals surface area contributed by atoms with Gasteiger partial charge >= 0.3 is 0 Å². The van der Waals surface area contributed by atoms with E-state index in [9.17, 15) is 13.2 Å². The quantitative estimate of drug-likeness (QED) is 0.631. The molecule has 7 heteroatoms. The number of anilines is 1. The van der Waals surface area contributed by atoms with E-state index < -0.39 is 9.05 Å². The molecule has 2 rings (SSSR count). The number of halogens is 1. The minimum Gasteiger partial charge on any atom is -0.311 e. The Kier molecular flexibility index (Phi) is 4.43. The topological polar surface area (TPSA) is 54.5 Å². The van der Waals surface area contributed by atoms with Gasteiger partial charge < -0.3 is 4.90 Å². The summed E-state index contributed by atoms with van der Waals surface area (Å²) in [4.78, 5) is 14.7. The van der Waals surface area contributed by atoms with Crippen LogP contribution in [0.2, 0.25) is 0 Å². The molecule has 19 heavy (non-hydrogen) atoms. The van der Waals surface area contributed by atoms with Gasteiger partial charge in [0.05, 0.1) is 11.4 Å². The molecule has 0 spiro atoms. The molecule has 1 saturated heterocycles. The molecule has 4 nitrogen and oxygen atoms in total. The lowest BCUT2D eigenvalue weighted by Gasteiger charge is -2.19. The molecule has 0 saturated carbocycles. The second-order valence-electron chi connectivity index (χ2n) is 4.45. The average molecular weight is 320 g/mol. The van der Waals surface area contributed by atoms with Crippen molar-refractivity contribution < 1.29 is 13.2 Å². The van der Waals surface area contributed by atoms with E-state index in [1.807, 2.05) is 30.5 Å². The molecular weight excluding hydrogens is 306 g/mol. The molecule has 0 radical (unpaired) electrons. The van der Waals surface area contributed by atoms with Gasteiger partial charge in [-0.25, -0.2) is 8.42 Å². The van der Waals surface area contributed by atoms with Crippen LogP contribution in [0.4, 0.5) is 5.69 Å². The van der Waals surface area contributed by atoms with Gasteiger partial charge in [-0.05, 0) is 18.4 Å². The summed E-state index contributed by atoms with van der Waals surface area (Å²) in [6.45, 7) is 0.405. The number of nitrogens with zero attached hydrogens (tertiary/aromatic N) is 1. The Morgan fingerprint density at radius 2 is 2.11 bits per heavy atom. The standard InChI is InChI=1S/C12H14ClNO3S2/c1-18-11-5-3-2-4-10(11)14-7-9(6-12(14)15)8-19(13,16)17/h2-5,9H,6-8H2,1H3. The van der Waals surface area contributed by atoms with Crippen LogP contribution < -0.4 is 4.90 Å².